The van der Waals surface area contributed by atoms with E-state index in [-0.39, 0.29) is 24.6 Å². The molecule has 4 aromatic rings. The van der Waals surface area contributed by atoms with Crippen molar-refractivity contribution in [3.05, 3.63) is 83.9 Å². The summed E-state index contributed by atoms with van der Waals surface area (Å²) in [5, 5.41) is 76.7. The minimum atomic E-state index is -1.74. The van der Waals surface area contributed by atoms with Gasteiger partial charge in [-0.1, -0.05) is 60.7 Å². The third-order valence-corrected chi connectivity index (χ3v) is 8.24. The quantitative estimate of drug-likeness (QED) is 0.0567. The minimum absolute atomic E-state index is 0.0101. The van der Waals surface area contributed by atoms with Crippen LogP contribution in [-0.2, 0) is 23.7 Å². The van der Waals surface area contributed by atoms with Crippen LogP contribution in [0.3, 0.4) is 0 Å². The molecule has 50 heavy (non-hydrogen) atoms. The number of esters is 1. The fourth-order valence-electron chi connectivity index (χ4n) is 5.73. The summed E-state index contributed by atoms with van der Waals surface area (Å²) in [6, 6.07) is 21.3. The first-order chi connectivity index (χ1) is 24.1. The van der Waals surface area contributed by atoms with Gasteiger partial charge < -0.3 is 54.7 Å². The second-order valence-corrected chi connectivity index (χ2v) is 11.7. The highest BCUT2D eigenvalue weighted by molar-refractivity contribution is 6.03. The molecule has 1 fully saturated rings. The van der Waals surface area contributed by atoms with Gasteiger partial charge in [0.15, 0.2) is 18.7 Å². The van der Waals surface area contributed by atoms with E-state index in [9.17, 15) is 40.5 Å². The van der Waals surface area contributed by atoms with E-state index in [4.69, 9.17) is 18.9 Å². The summed E-state index contributed by atoms with van der Waals surface area (Å²) < 4.78 is 22.4. The number of aliphatic imine (C=N–C) groups is 2. The summed E-state index contributed by atoms with van der Waals surface area (Å²) in [5.41, 5.74) is 0.842. The fraction of sp³-hybridized carbons (Fsp3) is 0.361. The average Bonchev–Trinajstić information content (AvgIpc) is 3.11. The predicted octanol–water partition coefficient (Wildman–Crippen LogP) is 1.39. The number of carbonyl (C=O) groups excluding carboxylic acids is 1. The van der Waals surface area contributed by atoms with Crippen LogP contribution in [0.1, 0.15) is 18.1 Å². The molecule has 14 heteroatoms. The first-order valence-electron chi connectivity index (χ1n) is 15.9. The number of rotatable bonds is 14. The summed E-state index contributed by atoms with van der Waals surface area (Å²) in [5.74, 6) is -0.858. The van der Waals surface area contributed by atoms with Crippen molar-refractivity contribution < 1.29 is 59.5 Å². The Morgan fingerprint density at radius 2 is 1.38 bits per heavy atom. The van der Waals surface area contributed by atoms with Crippen molar-refractivity contribution in [1.29, 1.82) is 0 Å². The lowest BCUT2D eigenvalue weighted by Gasteiger charge is -2.42. The molecule has 5 rings (SSSR count). The lowest BCUT2D eigenvalue weighted by Crippen LogP contribution is -2.61. The first-order valence-corrected chi connectivity index (χ1v) is 15.9. The van der Waals surface area contributed by atoms with Crippen molar-refractivity contribution in [1.82, 2.24) is 0 Å². The Hall–Kier alpha value is -4.51. The molecule has 0 unspecified atom stereocenters. The van der Waals surface area contributed by atoms with Gasteiger partial charge in [0.05, 0.1) is 26.3 Å². The molecule has 266 valence electrons. The minimum Gasteiger partial charge on any atom is -0.507 e. The zero-order valence-corrected chi connectivity index (χ0v) is 27.1. The van der Waals surface area contributed by atoms with E-state index in [1.165, 1.54) is 24.6 Å². The number of aliphatic hydroxyl groups is 5. The maximum atomic E-state index is 11.7. The number of aromatic hydroxyl groups is 2. The van der Waals surface area contributed by atoms with Gasteiger partial charge in [0.2, 0.25) is 0 Å². The van der Waals surface area contributed by atoms with Crippen molar-refractivity contribution in [2.24, 2.45) is 9.98 Å². The molecule has 4 aromatic carbocycles. The van der Waals surface area contributed by atoms with Gasteiger partial charge in [-0.25, -0.2) is 0 Å². The molecule has 7 N–H and O–H groups in total. The molecule has 1 aliphatic heterocycles. The molecule has 0 aromatic heterocycles. The summed E-state index contributed by atoms with van der Waals surface area (Å²) in [7, 11) is 0. The summed E-state index contributed by atoms with van der Waals surface area (Å²) in [6.07, 6.45) is -9.16. The van der Waals surface area contributed by atoms with E-state index >= 15 is 0 Å². The smallest absolute Gasteiger partial charge is 0.303 e. The first kappa shape index (κ1) is 36.8. The topological polar surface area (TPSA) is 220 Å². The average molecular weight is 693 g/mol. The Bertz CT molecular complexity index is 1820. The van der Waals surface area contributed by atoms with Crippen LogP contribution in [0.15, 0.2) is 82.8 Å². The summed E-state index contributed by atoms with van der Waals surface area (Å²) in [6.45, 7) is -0.926. The van der Waals surface area contributed by atoms with E-state index < -0.39 is 68.4 Å². The number of fused-ring (bicyclic) bond motifs is 2. The number of benzene rings is 4. The van der Waals surface area contributed by atoms with Crippen molar-refractivity contribution in [2.45, 2.75) is 56.1 Å². The lowest BCUT2D eigenvalue weighted by atomic mass is 9.99. The van der Waals surface area contributed by atoms with Gasteiger partial charge in [0.1, 0.15) is 42.0 Å². The Kier molecular flexibility index (Phi) is 12.5. The lowest BCUT2D eigenvalue weighted by molar-refractivity contribution is -0.322. The van der Waals surface area contributed by atoms with Crippen LogP contribution >= 0.6 is 0 Å². The molecule has 0 bridgehead atoms. The van der Waals surface area contributed by atoms with Crippen molar-refractivity contribution in [3.8, 4) is 11.5 Å². The number of nitrogens with zero attached hydrogens (tertiary/aromatic N) is 2. The molecular formula is C36H40N2O12. The van der Waals surface area contributed by atoms with Crippen molar-refractivity contribution in [2.75, 3.05) is 26.3 Å². The van der Waals surface area contributed by atoms with Crippen LogP contribution in [0.2, 0.25) is 0 Å². The summed E-state index contributed by atoms with van der Waals surface area (Å²) in [4.78, 5) is 20.4. The highest BCUT2D eigenvalue weighted by Gasteiger charge is 2.48. The molecule has 1 heterocycles. The highest BCUT2D eigenvalue weighted by atomic mass is 16.7. The van der Waals surface area contributed by atoms with Crippen molar-refractivity contribution in [3.63, 3.8) is 0 Å². The Morgan fingerprint density at radius 3 is 1.92 bits per heavy atom. The number of aliphatic hydroxyl groups excluding tert-OH is 5. The van der Waals surface area contributed by atoms with Crippen LogP contribution in [0.5, 0.6) is 11.5 Å². The molecule has 8 atom stereocenters. The van der Waals surface area contributed by atoms with E-state index in [0.717, 1.165) is 23.1 Å². The van der Waals surface area contributed by atoms with Crippen LogP contribution in [0.25, 0.3) is 21.5 Å². The zero-order chi connectivity index (χ0) is 35.8. The number of hydrogen-bond acceptors (Lipinski definition) is 14. The predicted molar refractivity (Wildman–Crippen MR) is 182 cm³/mol. The zero-order valence-electron chi connectivity index (χ0n) is 27.1. The van der Waals surface area contributed by atoms with Gasteiger partial charge in [-0.2, -0.15) is 0 Å². The van der Waals surface area contributed by atoms with Gasteiger partial charge in [-0.3, -0.25) is 14.8 Å². The van der Waals surface area contributed by atoms with E-state index in [0.29, 0.717) is 16.5 Å². The molecule has 1 aliphatic rings. The highest BCUT2D eigenvalue weighted by Crippen LogP contribution is 2.29. The molecule has 0 spiro atoms. The second kappa shape index (κ2) is 16.9. The molecule has 14 nitrogen and oxygen atoms in total. The molecular weight excluding hydrogens is 652 g/mol. The van der Waals surface area contributed by atoms with Crippen LogP contribution in [0.4, 0.5) is 0 Å². The fourth-order valence-corrected chi connectivity index (χ4v) is 5.73. The largest absolute Gasteiger partial charge is 0.507 e. The van der Waals surface area contributed by atoms with Gasteiger partial charge in [-0.05, 0) is 33.7 Å². The molecule has 0 amide bonds. The molecule has 0 saturated carbocycles. The maximum Gasteiger partial charge on any atom is 0.303 e. The van der Waals surface area contributed by atoms with Crippen LogP contribution in [0, 0.1) is 0 Å². The van der Waals surface area contributed by atoms with E-state index in [2.05, 4.69) is 9.98 Å². The standard InChI is InChI=1S/C36H40N2O12/c1-20(41)47-35-33(45)31(19-40)50-36(34(35)46)49-29(16-37-14-25-23-8-4-2-6-21(23)10-12-27(25)42)30(18-39)48-32(44)17-38-15-26-24-9-5-3-7-22(24)11-13-28(26)43/h2-15,29-36,39-40,42-46H,16-19H2,1H3/t29-,30-,31+,32+,33+,34+,35-,36+/m1/s1. The third-order valence-electron chi connectivity index (χ3n) is 8.24. The number of hydrogen-bond donors (Lipinski definition) is 7. The third kappa shape index (κ3) is 8.61. The second-order valence-electron chi connectivity index (χ2n) is 11.7. The molecule has 0 radical (unpaired) electrons. The van der Waals surface area contributed by atoms with Crippen LogP contribution in [-0.4, -0.2) is 130 Å². The Morgan fingerprint density at radius 1 is 0.820 bits per heavy atom. The van der Waals surface area contributed by atoms with Crippen molar-refractivity contribution >= 4 is 39.9 Å². The monoisotopic (exact) mass is 692 g/mol. The van der Waals surface area contributed by atoms with Gasteiger partial charge in [-0.15, -0.1) is 0 Å². The Balaban J connectivity index is 1.37. The molecule has 1 saturated heterocycles. The van der Waals surface area contributed by atoms with Gasteiger partial charge >= 0.3 is 5.97 Å². The number of phenolic OH excluding ortho intramolecular Hbond substituents is 2. The van der Waals surface area contributed by atoms with Crippen LogP contribution < -0.4 is 0 Å². The van der Waals surface area contributed by atoms with Gasteiger partial charge in [0.25, 0.3) is 0 Å². The number of carbonyl (C=O) groups is 1. The van der Waals surface area contributed by atoms with E-state index in [1.54, 1.807) is 24.3 Å². The molecule has 0 aliphatic carbocycles. The van der Waals surface area contributed by atoms with E-state index in [1.807, 2.05) is 36.4 Å². The Labute approximate surface area is 287 Å². The number of phenols is 2. The maximum absolute atomic E-state index is 11.7. The number of ether oxygens (including phenoxy) is 4. The van der Waals surface area contributed by atoms with Gasteiger partial charge in [0, 0.05) is 30.5 Å². The SMILES string of the molecule is CC(=O)O[C@H]1[C@H](O)[C@@H](O[C@H](CN=Cc2c(O)ccc3ccccc23)[C@@H](CO)O[C@H](O)CN=Cc2c(O)ccc3ccccc23)O[C@@H](CO)[C@@H]1O. The normalized spacial score (nSPS) is 23.0. The summed E-state index contributed by atoms with van der Waals surface area (Å²) >= 11 is 0.